The molecule has 1 aliphatic rings. The van der Waals surface area contributed by atoms with Crippen molar-refractivity contribution in [2.24, 2.45) is 0 Å². The van der Waals surface area contributed by atoms with E-state index in [2.05, 4.69) is 5.32 Å². The lowest BCUT2D eigenvalue weighted by molar-refractivity contribution is -0.118. The van der Waals surface area contributed by atoms with E-state index in [0.717, 1.165) is 22.2 Å². The summed E-state index contributed by atoms with van der Waals surface area (Å²) in [7, 11) is 0. The highest BCUT2D eigenvalue weighted by Crippen LogP contribution is 2.40. The second-order valence-electron chi connectivity index (χ2n) is 7.82. The molecule has 1 N–H and O–H groups in total. The number of anilines is 2. The topological polar surface area (TPSA) is 84.9 Å². The molecule has 36 heavy (non-hydrogen) atoms. The summed E-state index contributed by atoms with van der Waals surface area (Å²) in [6.07, 6.45) is 1.58. The smallest absolute Gasteiger partial charge is 0.298 e. The van der Waals surface area contributed by atoms with E-state index in [1.807, 2.05) is 25.1 Å². The van der Waals surface area contributed by atoms with E-state index < -0.39 is 5.91 Å². The quantitative estimate of drug-likeness (QED) is 0.349. The Morgan fingerprint density at radius 1 is 1.06 bits per heavy atom. The van der Waals surface area contributed by atoms with Crippen LogP contribution in [0.2, 0.25) is 5.02 Å². The third-order valence-corrected chi connectivity index (χ3v) is 6.27. The van der Waals surface area contributed by atoms with Crippen LogP contribution in [0.4, 0.5) is 16.2 Å². The number of nitrogens with one attached hydrogen (secondary N) is 1. The van der Waals surface area contributed by atoms with Gasteiger partial charge in [-0.25, -0.2) is 4.90 Å². The minimum Gasteiger partial charge on any atom is -0.490 e. The fraction of sp³-hybridized carbons (Fsp3) is 0.148. The van der Waals surface area contributed by atoms with Gasteiger partial charge in [-0.15, -0.1) is 0 Å². The molecule has 0 bridgehead atoms. The van der Waals surface area contributed by atoms with Crippen LogP contribution in [0.3, 0.4) is 0 Å². The van der Waals surface area contributed by atoms with Crippen molar-refractivity contribution in [2.45, 2.75) is 13.8 Å². The van der Waals surface area contributed by atoms with Crippen LogP contribution in [-0.4, -0.2) is 30.3 Å². The van der Waals surface area contributed by atoms with E-state index >= 15 is 0 Å². The largest absolute Gasteiger partial charge is 0.490 e. The second-order valence-corrected chi connectivity index (χ2v) is 9.22. The third kappa shape index (κ3) is 5.90. The average molecular weight is 523 g/mol. The first kappa shape index (κ1) is 25.3. The summed E-state index contributed by atoms with van der Waals surface area (Å²) in [6, 6.07) is 19.4. The number of carbonyl (C=O) groups is 3. The van der Waals surface area contributed by atoms with Gasteiger partial charge in [0.2, 0.25) is 0 Å². The number of imide groups is 1. The Morgan fingerprint density at radius 2 is 1.78 bits per heavy atom. The number of thioether (sulfide) groups is 1. The molecule has 3 amide bonds. The lowest BCUT2D eigenvalue weighted by Gasteiger charge is -2.15. The molecule has 0 atom stereocenters. The number of hydrogen-bond donors (Lipinski definition) is 1. The van der Waals surface area contributed by atoms with E-state index in [9.17, 15) is 14.4 Å². The number of rotatable bonds is 8. The Balaban J connectivity index is 1.51. The number of benzene rings is 3. The predicted molar refractivity (Wildman–Crippen MR) is 143 cm³/mol. The monoisotopic (exact) mass is 522 g/mol. The van der Waals surface area contributed by atoms with Crippen LogP contribution in [0.5, 0.6) is 11.5 Å². The van der Waals surface area contributed by atoms with Crippen molar-refractivity contribution in [3.63, 3.8) is 0 Å². The number of hydrogen-bond acceptors (Lipinski definition) is 6. The SMILES string of the molecule is CCOc1cc(/C=C2/SC(=O)N(c3ccccc3)C2=O)cc(Cl)c1OCC(=O)Nc1ccc(C)cc1. The summed E-state index contributed by atoms with van der Waals surface area (Å²) in [4.78, 5) is 39.1. The molecular formula is C27H23ClN2O5S. The Kier molecular flexibility index (Phi) is 7.97. The molecule has 1 saturated heterocycles. The molecule has 1 heterocycles. The number of carbonyl (C=O) groups excluding carboxylic acids is 3. The molecule has 3 aromatic carbocycles. The van der Waals surface area contributed by atoms with E-state index in [4.69, 9.17) is 21.1 Å². The van der Waals surface area contributed by atoms with E-state index in [0.29, 0.717) is 29.3 Å². The lowest BCUT2D eigenvalue weighted by atomic mass is 10.1. The predicted octanol–water partition coefficient (Wildman–Crippen LogP) is 6.31. The molecule has 7 nitrogen and oxygen atoms in total. The van der Waals surface area contributed by atoms with Gasteiger partial charge in [0.25, 0.3) is 17.1 Å². The first-order valence-corrected chi connectivity index (χ1v) is 12.3. The van der Waals surface area contributed by atoms with E-state index in [1.165, 1.54) is 0 Å². The van der Waals surface area contributed by atoms with Crippen molar-refractivity contribution >= 4 is 57.9 Å². The number of para-hydroxylation sites is 1. The Labute approximate surface area is 218 Å². The minimum absolute atomic E-state index is 0.206. The number of nitrogens with zero attached hydrogens (tertiary/aromatic N) is 1. The first-order valence-electron chi connectivity index (χ1n) is 11.1. The molecule has 1 fully saturated rings. The fourth-order valence-electron chi connectivity index (χ4n) is 3.46. The minimum atomic E-state index is -0.418. The van der Waals surface area contributed by atoms with Crippen molar-refractivity contribution in [1.82, 2.24) is 0 Å². The zero-order valence-corrected chi connectivity index (χ0v) is 21.2. The highest BCUT2D eigenvalue weighted by Gasteiger charge is 2.36. The Morgan fingerprint density at radius 3 is 2.47 bits per heavy atom. The number of halogens is 1. The summed E-state index contributed by atoms with van der Waals surface area (Å²) in [6.45, 7) is 3.82. The second kappa shape index (κ2) is 11.3. The van der Waals surface area contributed by atoms with Gasteiger partial charge >= 0.3 is 0 Å². The fourth-order valence-corrected chi connectivity index (χ4v) is 4.58. The lowest BCUT2D eigenvalue weighted by Crippen LogP contribution is -2.27. The summed E-state index contributed by atoms with van der Waals surface area (Å²) in [5, 5.41) is 2.59. The summed E-state index contributed by atoms with van der Waals surface area (Å²) < 4.78 is 11.4. The molecular weight excluding hydrogens is 500 g/mol. The Hall–Kier alpha value is -3.75. The molecule has 184 valence electrons. The van der Waals surface area contributed by atoms with Gasteiger partial charge < -0.3 is 14.8 Å². The normalized spacial score (nSPS) is 14.3. The molecule has 4 rings (SSSR count). The number of aryl methyl sites for hydroxylation is 1. The van der Waals surface area contributed by atoms with Crippen molar-refractivity contribution in [3.8, 4) is 11.5 Å². The van der Waals surface area contributed by atoms with Gasteiger partial charge in [-0.2, -0.15) is 0 Å². The van der Waals surface area contributed by atoms with Gasteiger partial charge in [0.1, 0.15) is 0 Å². The van der Waals surface area contributed by atoms with Gasteiger partial charge in [-0.1, -0.05) is 47.5 Å². The van der Waals surface area contributed by atoms with Crippen LogP contribution in [0.15, 0.2) is 71.6 Å². The molecule has 0 aliphatic carbocycles. The highest BCUT2D eigenvalue weighted by molar-refractivity contribution is 8.19. The maximum absolute atomic E-state index is 12.9. The van der Waals surface area contributed by atoms with Gasteiger partial charge in [-0.05, 0) is 73.6 Å². The third-order valence-electron chi connectivity index (χ3n) is 5.12. The first-order chi connectivity index (χ1) is 17.4. The van der Waals surface area contributed by atoms with Gasteiger partial charge in [0, 0.05) is 5.69 Å². The van der Waals surface area contributed by atoms with Gasteiger partial charge in [0.05, 0.1) is 22.2 Å². The van der Waals surface area contributed by atoms with E-state index in [-0.39, 0.29) is 33.4 Å². The molecule has 0 radical (unpaired) electrons. The summed E-state index contributed by atoms with van der Waals surface area (Å²) in [5.74, 6) is -0.233. The maximum Gasteiger partial charge on any atom is 0.298 e. The van der Waals surface area contributed by atoms with Crippen molar-refractivity contribution < 1.29 is 23.9 Å². The standard InChI is InChI=1S/C27H23ClN2O5S/c1-3-34-22-14-18(15-23-26(32)30(27(33)36-23)20-7-5-4-6-8-20)13-21(28)25(22)35-16-24(31)29-19-11-9-17(2)10-12-19/h4-15H,3,16H2,1-2H3,(H,29,31)/b23-15+. The van der Waals surface area contributed by atoms with Crippen molar-refractivity contribution in [3.05, 3.63) is 87.8 Å². The Bertz CT molecular complexity index is 1330. The molecule has 0 unspecified atom stereocenters. The average Bonchev–Trinajstić information content (AvgIpc) is 3.13. The van der Waals surface area contributed by atoms with Crippen LogP contribution in [0.25, 0.3) is 6.08 Å². The molecule has 0 saturated carbocycles. The molecule has 9 heteroatoms. The van der Waals surface area contributed by atoms with Crippen LogP contribution in [-0.2, 0) is 9.59 Å². The van der Waals surface area contributed by atoms with Gasteiger partial charge in [0.15, 0.2) is 18.1 Å². The number of ether oxygens (including phenoxy) is 2. The summed E-state index contributed by atoms with van der Waals surface area (Å²) in [5.41, 5.74) is 2.80. The molecule has 0 aromatic heterocycles. The van der Waals surface area contributed by atoms with Crippen LogP contribution < -0.4 is 19.7 Å². The molecule has 0 spiro atoms. The maximum atomic E-state index is 12.9. The van der Waals surface area contributed by atoms with Gasteiger partial charge in [-0.3, -0.25) is 14.4 Å². The molecule has 3 aromatic rings. The van der Waals surface area contributed by atoms with Crippen molar-refractivity contribution in [2.75, 3.05) is 23.4 Å². The summed E-state index contributed by atoms with van der Waals surface area (Å²) >= 11 is 7.32. The van der Waals surface area contributed by atoms with E-state index in [1.54, 1.807) is 61.5 Å². The van der Waals surface area contributed by atoms with Crippen LogP contribution in [0.1, 0.15) is 18.1 Å². The van der Waals surface area contributed by atoms with Crippen LogP contribution >= 0.6 is 23.4 Å². The zero-order valence-electron chi connectivity index (χ0n) is 19.6. The van der Waals surface area contributed by atoms with Crippen LogP contribution in [0, 0.1) is 6.92 Å². The molecule has 1 aliphatic heterocycles. The van der Waals surface area contributed by atoms with Crippen molar-refractivity contribution in [1.29, 1.82) is 0 Å². The zero-order chi connectivity index (χ0) is 25.7. The number of amides is 3. The highest BCUT2D eigenvalue weighted by atomic mass is 35.5.